The summed E-state index contributed by atoms with van der Waals surface area (Å²) in [5, 5.41) is 0.537. The number of halogens is 2. The van der Waals surface area contributed by atoms with Gasteiger partial charge in [-0.15, -0.1) is 0 Å². The summed E-state index contributed by atoms with van der Waals surface area (Å²) in [6, 6.07) is 10.3. The van der Waals surface area contributed by atoms with Crippen molar-refractivity contribution in [1.82, 2.24) is 9.55 Å². The highest BCUT2D eigenvalue weighted by Crippen LogP contribution is 2.39. The number of aromatic nitrogens is 2. The number of benzene rings is 2. The Kier molecular flexibility index (Phi) is 5.50. The lowest BCUT2D eigenvalue weighted by Crippen LogP contribution is -2.16. The molecule has 2 aromatic heterocycles. The lowest BCUT2D eigenvalue weighted by molar-refractivity contribution is 0.439. The number of aryl methyl sites for hydroxylation is 1. The van der Waals surface area contributed by atoms with Gasteiger partial charge in [-0.3, -0.25) is 4.79 Å². The molecule has 4 aromatic rings. The van der Waals surface area contributed by atoms with Crippen LogP contribution in [0.1, 0.15) is 6.92 Å². The quantitative estimate of drug-likeness (QED) is 0.389. The van der Waals surface area contributed by atoms with Crippen LogP contribution in [0.3, 0.4) is 0 Å². The van der Waals surface area contributed by atoms with Gasteiger partial charge < -0.3 is 19.0 Å². The van der Waals surface area contributed by atoms with Crippen LogP contribution in [0, 0.1) is 11.6 Å². The molecule has 0 spiro atoms. The molecule has 0 saturated heterocycles. The summed E-state index contributed by atoms with van der Waals surface area (Å²) in [5.74, 6) is -0.316. The van der Waals surface area contributed by atoms with E-state index in [0.29, 0.717) is 22.2 Å². The number of anilines is 1. The molecule has 30 heavy (non-hydrogen) atoms. The molecule has 4 rings (SSSR count). The highest BCUT2D eigenvalue weighted by atomic mass is 32.2. The van der Waals surface area contributed by atoms with E-state index in [9.17, 15) is 13.6 Å². The van der Waals surface area contributed by atoms with Gasteiger partial charge in [0.2, 0.25) is 0 Å². The first-order valence-corrected chi connectivity index (χ1v) is 10.3. The Labute approximate surface area is 175 Å². The van der Waals surface area contributed by atoms with Gasteiger partial charge in [0, 0.05) is 48.1 Å². The molecule has 0 atom stereocenters. The maximum atomic E-state index is 14.2. The van der Waals surface area contributed by atoms with Crippen LogP contribution >= 0.6 is 11.9 Å². The van der Waals surface area contributed by atoms with Gasteiger partial charge in [-0.1, -0.05) is 18.9 Å². The second-order valence-corrected chi connectivity index (χ2v) is 7.72. The van der Waals surface area contributed by atoms with Gasteiger partial charge in [-0.05, 0) is 36.4 Å². The van der Waals surface area contributed by atoms with Gasteiger partial charge in [0.1, 0.15) is 11.6 Å². The van der Waals surface area contributed by atoms with Crippen LogP contribution in [-0.2, 0) is 7.05 Å². The lowest BCUT2D eigenvalue weighted by Gasteiger charge is -2.15. The molecule has 0 radical (unpaired) electrons. The van der Waals surface area contributed by atoms with E-state index in [4.69, 9.17) is 4.74 Å². The molecule has 154 valence electrons. The fourth-order valence-corrected chi connectivity index (χ4v) is 3.64. The fraction of sp³-hybridized carbons (Fsp3) is 0.136. The molecule has 0 amide bonds. The molecule has 0 aliphatic carbocycles. The molecule has 2 aromatic carbocycles. The zero-order chi connectivity index (χ0) is 21.3. The van der Waals surface area contributed by atoms with Gasteiger partial charge in [0.05, 0.1) is 10.9 Å². The fourth-order valence-electron chi connectivity index (χ4n) is 3.21. The predicted molar refractivity (Wildman–Crippen MR) is 117 cm³/mol. The van der Waals surface area contributed by atoms with E-state index in [1.807, 2.05) is 19.1 Å². The SMILES string of the molecule is CCSNc1ccc(Oc2ccc(F)cc2F)c(-c2cn(C)c(=O)c3cc[nH]c23)c1. The highest BCUT2D eigenvalue weighted by molar-refractivity contribution is 8.00. The third-order valence-corrected chi connectivity index (χ3v) is 5.28. The summed E-state index contributed by atoms with van der Waals surface area (Å²) in [4.78, 5) is 15.6. The van der Waals surface area contributed by atoms with Gasteiger partial charge in [-0.25, -0.2) is 8.78 Å². The van der Waals surface area contributed by atoms with Gasteiger partial charge >= 0.3 is 0 Å². The molecule has 5 nitrogen and oxygen atoms in total. The minimum atomic E-state index is -0.796. The van der Waals surface area contributed by atoms with Crippen molar-refractivity contribution in [2.75, 3.05) is 10.5 Å². The topological polar surface area (TPSA) is 59.0 Å². The van der Waals surface area contributed by atoms with Crippen LogP contribution in [0.4, 0.5) is 14.5 Å². The standard InChI is InChI=1S/C22H19F2N3O2S/c1-3-30-26-14-5-7-19(29-20-6-4-13(23)10-18(20)24)16(11-14)17-12-27(2)22(28)15-8-9-25-21(15)17/h4-12,25-26H,3H2,1-2H3. The minimum Gasteiger partial charge on any atom is -0.454 e. The van der Waals surface area contributed by atoms with Crippen LogP contribution in [0.5, 0.6) is 11.5 Å². The van der Waals surface area contributed by atoms with E-state index >= 15 is 0 Å². The van der Waals surface area contributed by atoms with Crippen molar-refractivity contribution in [3.8, 4) is 22.6 Å². The maximum Gasteiger partial charge on any atom is 0.259 e. The monoisotopic (exact) mass is 427 g/mol. The number of hydrogen-bond acceptors (Lipinski definition) is 4. The molecule has 2 N–H and O–H groups in total. The third-order valence-electron chi connectivity index (χ3n) is 4.61. The van der Waals surface area contributed by atoms with E-state index in [1.54, 1.807) is 31.6 Å². The van der Waals surface area contributed by atoms with Crippen LogP contribution in [0.15, 0.2) is 59.7 Å². The van der Waals surface area contributed by atoms with Crippen LogP contribution < -0.4 is 15.0 Å². The number of H-pyrrole nitrogens is 1. The Morgan fingerprint density at radius 1 is 1.10 bits per heavy atom. The largest absolute Gasteiger partial charge is 0.454 e. The molecule has 0 bridgehead atoms. The first-order chi connectivity index (χ1) is 14.5. The summed E-state index contributed by atoms with van der Waals surface area (Å²) in [6.45, 7) is 2.03. The Balaban J connectivity index is 1.89. The number of nitrogens with one attached hydrogen (secondary N) is 2. The number of aromatic amines is 1. The van der Waals surface area contributed by atoms with E-state index < -0.39 is 11.6 Å². The number of rotatable bonds is 6. The van der Waals surface area contributed by atoms with Gasteiger partial charge in [-0.2, -0.15) is 0 Å². The summed E-state index contributed by atoms with van der Waals surface area (Å²) < 4.78 is 38.0. The molecule has 0 unspecified atom stereocenters. The van der Waals surface area contributed by atoms with Crippen molar-refractivity contribution < 1.29 is 13.5 Å². The maximum absolute atomic E-state index is 14.2. The normalized spacial score (nSPS) is 11.1. The molecule has 0 aliphatic heterocycles. The number of fused-ring (bicyclic) bond motifs is 1. The predicted octanol–water partition coefficient (Wildman–Crippen LogP) is 5.68. The van der Waals surface area contributed by atoms with Crippen molar-refractivity contribution in [3.63, 3.8) is 0 Å². The van der Waals surface area contributed by atoms with Crippen LogP contribution in [0.2, 0.25) is 0 Å². The summed E-state index contributed by atoms with van der Waals surface area (Å²) in [5.41, 5.74) is 2.74. The zero-order valence-electron chi connectivity index (χ0n) is 16.3. The number of hydrogen-bond donors (Lipinski definition) is 2. The average molecular weight is 427 g/mol. The van der Waals surface area contributed by atoms with Crippen molar-refractivity contribution in [3.05, 3.63) is 76.8 Å². The van der Waals surface area contributed by atoms with Crippen molar-refractivity contribution in [2.45, 2.75) is 6.92 Å². The Morgan fingerprint density at radius 2 is 1.90 bits per heavy atom. The van der Waals surface area contributed by atoms with Crippen molar-refractivity contribution >= 4 is 28.5 Å². The summed E-state index contributed by atoms with van der Waals surface area (Å²) in [7, 11) is 1.67. The van der Waals surface area contributed by atoms with Gasteiger partial charge in [0.25, 0.3) is 5.56 Å². The highest BCUT2D eigenvalue weighted by Gasteiger charge is 2.17. The second kappa shape index (κ2) is 8.23. The van der Waals surface area contributed by atoms with E-state index in [1.165, 1.54) is 22.6 Å². The zero-order valence-corrected chi connectivity index (χ0v) is 17.1. The molecule has 2 heterocycles. The van der Waals surface area contributed by atoms with Crippen molar-refractivity contribution in [2.24, 2.45) is 7.05 Å². The van der Waals surface area contributed by atoms with Crippen LogP contribution in [-0.4, -0.2) is 15.3 Å². The molecular formula is C22H19F2N3O2S. The van der Waals surface area contributed by atoms with E-state index in [-0.39, 0.29) is 11.3 Å². The number of ether oxygens (including phenoxy) is 1. The Hall–Kier alpha value is -3.26. The van der Waals surface area contributed by atoms with Crippen molar-refractivity contribution in [1.29, 1.82) is 0 Å². The smallest absolute Gasteiger partial charge is 0.259 e. The second-order valence-electron chi connectivity index (χ2n) is 6.65. The molecule has 8 heteroatoms. The van der Waals surface area contributed by atoms with Gasteiger partial charge in [0.15, 0.2) is 11.6 Å². The summed E-state index contributed by atoms with van der Waals surface area (Å²) in [6.07, 6.45) is 3.41. The molecule has 0 aliphatic rings. The Morgan fingerprint density at radius 3 is 2.67 bits per heavy atom. The van der Waals surface area contributed by atoms with E-state index in [2.05, 4.69) is 9.71 Å². The number of nitrogens with zero attached hydrogens (tertiary/aromatic N) is 1. The Bertz CT molecular complexity index is 1280. The third kappa shape index (κ3) is 3.78. The first-order valence-electron chi connectivity index (χ1n) is 9.29. The molecule has 0 saturated carbocycles. The number of pyridine rings is 1. The minimum absolute atomic E-state index is 0.0890. The first kappa shape index (κ1) is 20.0. The molecular weight excluding hydrogens is 408 g/mol. The lowest BCUT2D eigenvalue weighted by atomic mass is 10.0. The van der Waals surface area contributed by atoms with Crippen LogP contribution in [0.25, 0.3) is 22.0 Å². The average Bonchev–Trinajstić information content (AvgIpc) is 3.22. The molecule has 0 fully saturated rings. The van der Waals surface area contributed by atoms with E-state index in [0.717, 1.165) is 29.1 Å². The summed E-state index contributed by atoms with van der Waals surface area (Å²) >= 11 is 1.53.